The zero-order chi connectivity index (χ0) is 6.69. The van der Waals surface area contributed by atoms with Crippen LogP contribution >= 0.6 is 0 Å². The van der Waals surface area contributed by atoms with E-state index in [9.17, 15) is 9.90 Å². The van der Waals surface area contributed by atoms with E-state index in [-0.39, 0.29) is 24.4 Å². The fourth-order valence-corrected chi connectivity index (χ4v) is 0.488. The van der Waals surface area contributed by atoms with Crippen molar-refractivity contribution in [3.05, 3.63) is 30.1 Å². The van der Waals surface area contributed by atoms with Crippen LogP contribution in [0, 0.1) is 0 Å². The van der Waals surface area contributed by atoms with E-state index in [1.165, 1.54) is 24.5 Å². The maximum atomic E-state index is 10.1. The van der Waals surface area contributed by atoms with Gasteiger partial charge in [0.05, 0.1) is 5.97 Å². The van der Waals surface area contributed by atoms with Crippen molar-refractivity contribution < 1.29 is 28.8 Å². The number of pyridine rings is 1. The molecule has 0 aromatic carbocycles. The number of rotatable bonds is 1. The zero-order valence-electron chi connectivity index (χ0n) is 5.57. The smallest absolute Gasteiger partial charge is 0.545 e. The number of carboxylic acids is 1. The Bertz CT molecular complexity index is 212. The van der Waals surface area contributed by atoms with Crippen molar-refractivity contribution >= 4 is 5.97 Å². The second-order valence-corrected chi connectivity index (χ2v) is 1.52. The summed E-state index contributed by atoms with van der Waals surface area (Å²) in [5.41, 5.74) is 0.157. The molecule has 4 heteroatoms. The third-order valence-corrected chi connectivity index (χ3v) is 0.916. The molecule has 1 heterocycles. The maximum absolute atomic E-state index is 10.1. The van der Waals surface area contributed by atoms with Gasteiger partial charge in [-0.1, -0.05) is 0 Å². The van der Waals surface area contributed by atoms with Gasteiger partial charge in [-0.3, -0.25) is 4.98 Å². The van der Waals surface area contributed by atoms with Gasteiger partial charge in [-0.25, -0.2) is 0 Å². The van der Waals surface area contributed by atoms with Crippen LogP contribution in [0.5, 0.6) is 0 Å². The van der Waals surface area contributed by atoms with Crippen molar-refractivity contribution in [1.82, 2.24) is 4.98 Å². The van der Waals surface area contributed by atoms with Gasteiger partial charge < -0.3 is 9.90 Å². The largest absolute Gasteiger partial charge is 1.00 e. The predicted molar refractivity (Wildman–Crippen MR) is 28.6 cm³/mol. The molecular weight excluding hydrogens is 125 g/mol. The molecule has 0 N–H and O–H groups in total. The van der Waals surface area contributed by atoms with Crippen LogP contribution in [0.3, 0.4) is 0 Å². The molecular formula is C6H4LiNO2. The van der Waals surface area contributed by atoms with Gasteiger partial charge in [-0.15, -0.1) is 0 Å². The number of carboxylic acid groups (broad SMARTS) is 1. The van der Waals surface area contributed by atoms with Gasteiger partial charge in [-0.2, -0.15) is 0 Å². The van der Waals surface area contributed by atoms with Crippen LogP contribution in [-0.2, 0) is 0 Å². The molecule has 0 unspecified atom stereocenters. The summed E-state index contributed by atoms with van der Waals surface area (Å²) in [7, 11) is 0. The Morgan fingerprint density at radius 3 is 2.20 bits per heavy atom. The monoisotopic (exact) mass is 129 g/mol. The van der Waals surface area contributed by atoms with E-state index >= 15 is 0 Å². The average Bonchev–Trinajstić information content (AvgIpc) is 1.90. The fraction of sp³-hybridized carbons (Fsp3) is 0. The minimum Gasteiger partial charge on any atom is -0.545 e. The SMILES string of the molecule is O=C([O-])c1ccncc1.[Li+]. The first-order valence-corrected chi connectivity index (χ1v) is 2.42. The summed E-state index contributed by atoms with van der Waals surface area (Å²) in [5.74, 6) is -1.17. The summed E-state index contributed by atoms with van der Waals surface area (Å²) in [6.45, 7) is 0. The van der Waals surface area contributed by atoms with E-state index in [0.717, 1.165) is 0 Å². The molecule has 0 spiro atoms. The van der Waals surface area contributed by atoms with Gasteiger partial charge >= 0.3 is 18.9 Å². The van der Waals surface area contributed by atoms with Crippen molar-refractivity contribution in [3.8, 4) is 0 Å². The second kappa shape index (κ2) is 4.10. The van der Waals surface area contributed by atoms with Crippen molar-refractivity contribution in [3.63, 3.8) is 0 Å². The Hall–Kier alpha value is -0.783. The Balaban J connectivity index is 0.000000810. The topological polar surface area (TPSA) is 53.0 Å². The minimum atomic E-state index is -1.17. The van der Waals surface area contributed by atoms with Crippen LogP contribution in [0.15, 0.2) is 24.5 Å². The van der Waals surface area contributed by atoms with Crippen LogP contribution in [0.4, 0.5) is 0 Å². The molecule has 1 aromatic heterocycles. The first-order chi connectivity index (χ1) is 4.30. The molecule has 0 atom stereocenters. The molecule has 10 heavy (non-hydrogen) atoms. The normalized spacial score (nSPS) is 8.00. The van der Waals surface area contributed by atoms with E-state index in [4.69, 9.17) is 0 Å². The second-order valence-electron chi connectivity index (χ2n) is 1.52. The molecule has 46 valence electrons. The van der Waals surface area contributed by atoms with Crippen LogP contribution in [0.25, 0.3) is 0 Å². The number of aromatic carboxylic acids is 1. The summed E-state index contributed by atoms with van der Waals surface area (Å²) in [6, 6.07) is 2.77. The van der Waals surface area contributed by atoms with E-state index in [2.05, 4.69) is 4.98 Å². The molecule has 3 nitrogen and oxygen atoms in total. The van der Waals surface area contributed by atoms with Crippen molar-refractivity contribution in [2.45, 2.75) is 0 Å². The Morgan fingerprint density at radius 1 is 1.40 bits per heavy atom. The number of carbonyl (C=O) groups excluding carboxylic acids is 1. The number of aromatic nitrogens is 1. The van der Waals surface area contributed by atoms with Gasteiger partial charge in [-0.05, 0) is 12.1 Å². The minimum absolute atomic E-state index is 0. The third kappa shape index (κ3) is 2.22. The first-order valence-electron chi connectivity index (χ1n) is 2.42. The molecule has 0 saturated heterocycles. The van der Waals surface area contributed by atoms with Gasteiger partial charge in [0, 0.05) is 18.0 Å². The number of nitrogens with zero attached hydrogens (tertiary/aromatic N) is 1. The summed E-state index contributed by atoms with van der Waals surface area (Å²) in [6.07, 6.45) is 2.82. The molecule has 0 aliphatic carbocycles. The fourth-order valence-electron chi connectivity index (χ4n) is 0.488. The van der Waals surface area contributed by atoms with Crippen molar-refractivity contribution in [1.29, 1.82) is 0 Å². The Morgan fingerprint density at radius 2 is 1.90 bits per heavy atom. The standard InChI is InChI=1S/C6H5NO2.Li/c8-6(9)5-1-3-7-4-2-5;/h1-4H,(H,8,9);/q;+1/p-1. The molecule has 0 aliphatic heterocycles. The summed E-state index contributed by atoms with van der Waals surface area (Å²) < 4.78 is 0. The molecule has 1 aromatic rings. The zero-order valence-corrected chi connectivity index (χ0v) is 5.57. The van der Waals surface area contributed by atoms with Gasteiger partial charge in [0.15, 0.2) is 0 Å². The third-order valence-electron chi connectivity index (χ3n) is 0.916. The summed E-state index contributed by atoms with van der Waals surface area (Å²) in [4.78, 5) is 13.7. The Labute approximate surface area is 70.3 Å². The molecule has 0 aliphatic rings. The summed E-state index contributed by atoms with van der Waals surface area (Å²) in [5, 5.41) is 10.1. The van der Waals surface area contributed by atoms with E-state index in [1.54, 1.807) is 0 Å². The van der Waals surface area contributed by atoms with Crippen molar-refractivity contribution in [2.75, 3.05) is 0 Å². The van der Waals surface area contributed by atoms with Gasteiger partial charge in [0.2, 0.25) is 0 Å². The Kier molecular flexibility index (Phi) is 3.78. The molecule has 1 rings (SSSR count). The van der Waals surface area contributed by atoms with Crippen LogP contribution in [-0.4, -0.2) is 11.0 Å². The molecule has 0 radical (unpaired) electrons. The molecule has 0 amide bonds. The van der Waals surface area contributed by atoms with E-state index in [0.29, 0.717) is 0 Å². The number of hydrogen-bond acceptors (Lipinski definition) is 3. The van der Waals surface area contributed by atoms with E-state index in [1.807, 2.05) is 0 Å². The predicted octanol–water partition coefficient (Wildman–Crippen LogP) is -3.55. The molecule has 0 bridgehead atoms. The molecule has 0 saturated carbocycles. The molecule has 0 fully saturated rings. The van der Waals surface area contributed by atoms with Crippen LogP contribution in [0.2, 0.25) is 0 Å². The van der Waals surface area contributed by atoms with Crippen molar-refractivity contribution in [2.24, 2.45) is 0 Å². The summed E-state index contributed by atoms with van der Waals surface area (Å²) >= 11 is 0. The number of hydrogen-bond donors (Lipinski definition) is 0. The average molecular weight is 129 g/mol. The van der Waals surface area contributed by atoms with Gasteiger partial charge in [0.25, 0.3) is 0 Å². The quantitative estimate of drug-likeness (QED) is 0.369. The van der Waals surface area contributed by atoms with Gasteiger partial charge in [0.1, 0.15) is 0 Å². The first kappa shape index (κ1) is 9.22. The van der Waals surface area contributed by atoms with E-state index < -0.39 is 5.97 Å². The maximum Gasteiger partial charge on any atom is 1.00 e. The number of carbonyl (C=O) groups is 1. The van der Waals surface area contributed by atoms with Crippen LogP contribution < -0.4 is 24.0 Å². The van der Waals surface area contributed by atoms with Crippen LogP contribution in [0.1, 0.15) is 10.4 Å².